The van der Waals surface area contributed by atoms with Crippen LogP contribution in [0.1, 0.15) is 68.1 Å². The van der Waals surface area contributed by atoms with Crippen LogP contribution in [-0.2, 0) is 16.1 Å². The molecule has 0 saturated heterocycles. The third-order valence-corrected chi connectivity index (χ3v) is 5.69. The van der Waals surface area contributed by atoms with Gasteiger partial charge in [0.25, 0.3) is 0 Å². The van der Waals surface area contributed by atoms with Crippen molar-refractivity contribution in [2.45, 2.75) is 58.4 Å². The molecule has 2 rings (SSSR count). The van der Waals surface area contributed by atoms with E-state index >= 15 is 0 Å². The molecule has 0 aliphatic rings. The second-order valence-corrected chi connectivity index (χ2v) is 9.35. The van der Waals surface area contributed by atoms with E-state index in [0.717, 1.165) is 28.9 Å². The third kappa shape index (κ3) is 6.36. The zero-order valence-electron chi connectivity index (χ0n) is 17.5. The van der Waals surface area contributed by atoms with E-state index in [-0.39, 0.29) is 17.4 Å². The molecular formula is C23H31NO3S. The minimum Gasteiger partial charge on any atom is -0.593 e. The summed E-state index contributed by atoms with van der Waals surface area (Å²) in [6.07, 6.45) is 1.86. The SMILES string of the molecule is CCCCOC(=O)c1ccc([C@H](N[S+]([O-])c2ccc(C)cc2)C(C)(C)C)cc1. The van der Waals surface area contributed by atoms with Crippen molar-refractivity contribution < 1.29 is 14.1 Å². The fraction of sp³-hybridized carbons (Fsp3) is 0.435. The highest BCUT2D eigenvalue weighted by Gasteiger charge is 2.31. The van der Waals surface area contributed by atoms with Gasteiger partial charge in [-0.05, 0) is 48.6 Å². The van der Waals surface area contributed by atoms with Gasteiger partial charge in [-0.15, -0.1) is 4.72 Å². The topological polar surface area (TPSA) is 61.4 Å². The number of hydrogen-bond donors (Lipinski definition) is 1. The van der Waals surface area contributed by atoms with Crippen molar-refractivity contribution in [3.8, 4) is 0 Å². The van der Waals surface area contributed by atoms with Gasteiger partial charge in [0, 0.05) is 0 Å². The first-order valence-electron chi connectivity index (χ1n) is 9.74. The first kappa shape index (κ1) is 22.5. The van der Waals surface area contributed by atoms with E-state index in [1.165, 1.54) is 0 Å². The lowest BCUT2D eigenvalue weighted by molar-refractivity contribution is 0.0499. The first-order valence-corrected chi connectivity index (χ1v) is 10.9. The van der Waals surface area contributed by atoms with E-state index in [1.54, 1.807) is 12.1 Å². The zero-order chi connectivity index (χ0) is 20.7. The highest BCUT2D eigenvalue weighted by Crippen LogP contribution is 2.34. The Labute approximate surface area is 172 Å². The number of nitrogens with one attached hydrogen (secondary N) is 1. The molecule has 5 heteroatoms. The van der Waals surface area contributed by atoms with Crippen LogP contribution >= 0.6 is 0 Å². The molecular weight excluding hydrogens is 370 g/mol. The fourth-order valence-electron chi connectivity index (χ4n) is 2.79. The summed E-state index contributed by atoms with van der Waals surface area (Å²) in [6.45, 7) is 10.8. The molecule has 0 heterocycles. The molecule has 2 atom stereocenters. The van der Waals surface area contributed by atoms with Crippen LogP contribution in [0.5, 0.6) is 0 Å². The molecule has 4 nitrogen and oxygen atoms in total. The van der Waals surface area contributed by atoms with Crippen LogP contribution in [0.3, 0.4) is 0 Å². The van der Waals surface area contributed by atoms with E-state index in [1.807, 2.05) is 43.3 Å². The Morgan fingerprint density at radius 2 is 1.71 bits per heavy atom. The standard InChI is InChI=1S/C23H31NO3S/c1-6-7-16-27-22(25)19-12-10-18(11-13-19)21(23(3,4)5)24-28(26)20-14-8-17(2)9-15-20/h8-15,21,24H,6-7,16H2,1-5H3/t21-,28?/m0/s1. The molecule has 2 aromatic carbocycles. The van der Waals surface area contributed by atoms with Crippen LogP contribution in [-0.4, -0.2) is 17.1 Å². The largest absolute Gasteiger partial charge is 0.593 e. The molecule has 0 bridgehead atoms. The highest BCUT2D eigenvalue weighted by molar-refractivity contribution is 7.89. The predicted octanol–water partition coefficient (Wildman–Crippen LogP) is 5.35. The quantitative estimate of drug-likeness (QED) is 0.368. The van der Waals surface area contributed by atoms with Crippen molar-refractivity contribution in [2.24, 2.45) is 5.41 Å². The number of benzene rings is 2. The van der Waals surface area contributed by atoms with Crippen LogP contribution in [0.25, 0.3) is 0 Å². The maximum atomic E-state index is 12.8. The van der Waals surface area contributed by atoms with Crippen LogP contribution < -0.4 is 4.72 Å². The number of carbonyl (C=O) groups excluding carboxylic acids is 1. The molecule has 2 aromatic rings. The molecule has 0 aromatic heterocycles. The summed E-state index contributed by atoms with van der Waals surface area (Å²) in [5.41, 5.74) is 2.49. The van der Waals surface area contributed by atoms with Crippen LogP contribution in [0.4, 0.5) is 0 Å². The summed E-state index contributed by atoms with van der Waals surface area (Å²) < 4.78 is 21.4. The van der Waals surface area contributed by atoms with E-state index in [9.17, 15) is 9.35 Å². The van der Waals surface area contributed by atoms with Crippen molar-refractivity contribution in [1.29, 1.82) is 0 Å². The molecule has 1 N–H and O–H groups in total. The molecule has 1 unspecified atom stereocenters. The minimum atomic E-state index is -1.33. The molecule has 0 amide bonds. The van der Waals surface area contributed by atoms with Gasteiger partial charge in [0.1, 0.15) is 0 Å². The van der Waals surface area contributed by atoms with Crippen molar-refractivity contribution in [3.63, 3.8) is 0 Å². The molecule has 0 aliphatic carbocycles. The Morgan fingerprint density at radius 3 is 2.25 bits per heavy atom. The molecule has 0 saturated carbocycles. The second kappa shape index (κ2) is 10.1. The Balaban J connectivity index is 2.14. The average Bonchev–Trinajstić information content (AvgIpc) is 2.66. The third-order valence-electron chi connectivity index (χ3n) is 4.54. The highest BCUT2D eigenvalue weighted by atomic mass is 32.2. The Kier molecular flexibility index (Phi) is 8.10. The Morgan fingerprint density at radius 1 is 1.11 bits per heavy atom. The molecule has 0 aliphatic heterocycles. The van der Waals surface area contributed by atoms with Gasteiger partial charge >= 0.3 is 5.97 Å². The van der Waals surface area contributed by atoms with Gasteiger partial charge in [-0.1, -0.05) is 63.9 Å². The maximum Gasteiger partial charge on any atom is 0.338 e. The van der Waals surface area contributed by atoms with Crippen molar-refractivity contribution in [1.82, 2.24) is 4.72 Å². The smallest absolute Gasteiger partial charge is 0.338 e. The van der Waals surface area contributed by atoms with E-state index in [4.69, 9.17) is 4.74 Å². The fourth-order valence-corrected chi connectivity index (χ4v) is 4.01. The van der Waals surface area contributed by atoms with Gasteiger partial charge in [0.15, 0.2) is 4.90 Å². The summed E-state index contributed by atoms with van der Waals surface area (Å²) in [7, 11) is 0. The number of rotatable bonds is 8. The summed E-state index contributed by atoms with van der Waals surface area (Å²) in [6, 6.07) is 14.9. The van der Waals surface area contributed by atoms with Crippen LogP contribution in [0, 0.1) is 12.3 Å². The number of carbonyl (C=O) groups is 1. The number of esters is 1. The summed E-state index contributed by atoms with van der Waals surface area (Å²) in [5.74, 6) is -0.302. The second-order valence-electron chi connectivity index (χ2n) is 8.11. The number of hydrogen-bond acceptors (Lipinski definition) is 4. The Bertz CT molecular complexity index is 751. The van der Waals surface area contributed by atoms with Crippen LogP contribution in [0.15, 0.2) is 53.4 Å². The number of aryl methyl sites for hydroxylation is 1. The summed E-state index contributed by atoms with van der Waals surface area (Å²) >= 11 is -1.33. The lowest BCUT2D eigenvalue weighted by Crippen LogP contribution is -2.36. The maximum absolute atomic E-state index is 12.8. The van der Waals surface area contributed by atoms with Crippen molar-refractivity contribution in [3.05, 3.63) is 65.2 Å². The van der Waals surface area contributed by atoms with Gasteiger partial charge in [-0.3, -0.25) is 0 Å². The molecule has 28 heavy (non-hydrogen) atoms. The molecule has 0 fully saturated rings. The summed E-state index contributed by atoms with van der Waals surface area (Å²) in [5, 5.41) is 0. The Hall–Kier alpha value is -1.82. The predicted molar refractivity (Wildman–Crippen MR) is 115 cm³/mol. The van der Waals surface area contributed by atoms with Gasteiger partial charge < -0.3 is 9.29 Å². The number of unbranched alkanes of at least 4 members (excludes halogenated alkanes) is 1. The lowest BCUT2D eigenvalue weighted by Gasteiger charge is -2.31. The minimum absolute atomic E-state index is 0.139. The van der Waals surface area contributed by atoms with E-state index in [0.29, 0.717) is 12.2 Å². The van der Waals surface area contributed by atoms with Gasteiger partial charge in [-0.2, -0.15) is 0 Å². The summed E-state index contributed by atoms with van der Waals surface area (Å²) in [4.78, 5) is 12.8. The van der Waals surface area contributed by atoms with Crippen molar-refractivity contribution in [2.75, 3.05) is 6.61 Å². The van der Waals surface area contributed by atoms with Crippen molar-refractivity contribution >= 4 is 17.3 Å². The first-order chi connectivity index (χ1) is 13.2. The molecule has 0 spiro atoms. The van der Waals surface area contributed by atoms with Gasteiger partial charge in [0.2, 0.25) is 0 Å². The average molecular weight is 402 g/mol. The molecule has 152 valence electrons. The van der Waals surface area contributed by atoms with Gasteiger partial charge in [-0.25, -0.2) is 4.79 Å². The monoisotopic (exact) mass is 401 g/mol. The van der Waals surface area contributed by atoms with Crippen LogP contribution in [0.2, 0.25) is 0 Å². The lowest BCUT2D eigenvalue weighted by atomic mass is 9.83. The zero-order valence-corrected chi connectivity index (χ0v) is 18.3. The van der Waals surface area contributed by atoms with E-state index in [2.05, 4.69) is 32.4 Å². The molecule has 0 radical (unpaired) electrons. The number of ether oxygens (including phenoxy) is 1. The van der Waals surface area contributed by atoms with E-state index < -0.39 is 11.4 Å². The van der Waals surface area contributed by atoms with Gasteiger partial charge in [0.05, 0.1) is 29.6 Å². The normalized spacial score (nSPS) is 13.8.